The zero-order valence-corrected chi connectivity index (χ0v) is 13.9. The number of rotatable bonds is 5. The normalized spacial score (nSPS) is 10.6. The first-order valence-electron chi connectivity index (χ1n) is 7.94. The van der Waals surface area contributed by atoms with Crippen molar-refractivity contribution < 1.29 is 0 Å². The summed E-state index contributed by atoms with van der Waals surface area (Å²) in [5.41, 5.74) is 3.22. The molecule has 1 aromatic carbocycles. The number of nitriles is 1. The maximum Gasteiger partial charge on any atom is 0.226 e. The second-order valence-electron chi connectivity index (χ2n) is 5.75. The summed E-state index contributed by atoms with van der Waals surface area (Å²) >= 11 is 0. The maximum absolute atomic E-state index is 8.86. The molecule has 3 aromatic heterocycles. The Hall–Kier alpha value is -3.93. The zero-order chi connectivity index (χ0) is 17.9. The van der Waals surface area contributed by atoms with E-state index in [1.807, 2.05) is 25.1 Å². The molecule has 4 rings (SSSR count). The summed E-state index contributed by atoms with van der Waals surface area (Å²) in [4.78, 5) is 8.96. The molecule has 4 N–H and O–H groups in total. The Balaban J connectivity index is 1.57. The van der Waals surface area contributed by atoms with E-state index in [9.17, 15) is 0 Å². The Morgan fingerprint density at radius 2 is 2.00 bits per heavy atom. The average molecular weight is 345 g/mol. The highest BCUT2D eigenvalue weighted by molar-refractivity contribution is 5.88. The SMILES string of the molecule is Cc1cc(Nc2nc(NCc3ccc(C#N)cc3)nc3[nH]ncc23)n[nH]1. The smallest absolute Gasteiger partial charge is 0.226 e. The van der Waals surface area contributed by atoms with Crippen LogP contribution in [0.5, 0.6) is 0 Å². The molecule has 0 bridgehead atoms. The van der Waals surface area contributed by atoms with Gasteiger partial charge in [-0.15, -0.1) is 0 Å². The molecule has 9 heteroatoms. The number of nitrogens with zero attached hydrogens (tertiary/aromatic N) is 5. The van der Waals surface area contributed by atoms with Gasteiger partial charge in [0.05, 0.1) is 23.2 Å². The second-order valence-corrected chi connectivity index (χ2v) is 5.75. The number of benzene rings is 1. The van der Waals surface area contributed by atoms with E-state index >= 15 is 0 Å². The number of aromatic amines is 2. The fourth-order valence-electron chi connectivity index (χ4n) is 2.49. The van der Waals surface area contributed by atoms with Crippen LogP contribution in [-0.4, -0.2) is 30.4 Å². The van der Waals surface area contributed by atoms with Crippen molar-refractivity contribution in [2.45, 2.75) is 13.5 Å². The van der Waals surface area contributed by atoms with E-state index < -0.39 is 0 Å². The maximum atomic E-state index is 8.86. The van der Waals surface area contributed by atoms with Crippen LogP contribution in [0.3, 0.4) is 0 Å². The van der Waals surface area contributed by atoms with Gasteiger partial charge in [0.2, 0.25) is 5.95 Å². The van der Waals surface area contributed by atoms with Crippen LogP contribution in [0.15, 0.2) is 36.5 Å². The number of fused-ring (bicyclic) bond motifs is 1. The van der Waals surface area contributed by atoms with E-state index in [0.29, 0.717) is 35.3 Å². The molecule has 0 aliphatic rings. The highest BCUT2D eigenvalue weighted by atomic mass is 15.2. The van der Waals surface area contributed by atoms with E-state index in [0.717, 1.165) is 16.6 Å². The number of hydrogen-bond donors (Lipinski definition) is 4. The second kappa shape index (κ2) is 6.52. The molecule has 0 amide bonds. The largest absolute Gasteiger partial charge is 0.350 e. The Morgan fingerprint density at radius 1 is 1.15 bits per heavy atom. The molecule has 0 atom stereocenters. The van der Waals surface area contributed by atoms with Gasteiger partial charge < -0.3 is 10.6 Å². The summed E-state index contributed by atoms with van der Waals surface area (Å²) in [5, 5.41) is 29.9. The van der Waals surface area contributed by atoms with Crippen LogP contribution < -0.4 is 10.6 Å². The molecule has 0 unspecified atom stereocenters. The first kappa shape index (κ1) is 15.6. The summed E-state index contributed by atoms with van der Waals surface area (Å²) in [6, 6.07) is 11.3. The third-order valence-electron chi connectivity index (χ3n) is 3.80. The van der Waals surface area contributed by atoms with Crippen molar-refractivity contribution in [3.63, 3.8) is 0 Å². The molecule has 0 saturated heterocycles. The molecule has 0 radical (unpaired) electrons. The van der Waals surface area contributed by atoms with Crippen LogP contribution in [0.4, 0.5) is 17.6 Å². The molecule has 0 spiro atoms. The van der Waals surface area contributed by atoms with Gasteiger partial charge in [0, 0.05) is 18.3 Å². The van der Waals surface area contributed by atoms with Crippen molar-refractivity contribution in [3.05, 3.63) is 53.3 Å². The van der Waals surface area contributed by atoms with Gasteiger partial charge in [0.15, 0.2) is 11.5 Å². The summed E-state index contributed by atoms with van der Waals surface area (Å²) in [6.07, 6.45) is 1.67. The van der Waals surface area contributed by atoms with E-state index in [1.165, 1.54) is 0 Å². The lowest BCUT2D eigenvalue weighted by Gasteiger charge is -2.08. The molecule has 26 heavy (non-hydrogen) atoms. The Labute approximate surface area is 148 Å². The first-order chi connectivity index (χ1) is 12.7. The molecule has 0 fully saturated rings. The van der Waals surface area contributed by atoms with Gasteiger partial charge >= 0.3 is 0 Å². The summed E-state index contributed by atoms with van der Waals surface area (Å²) in [6.45, 7) is 2.46. The van der Waals surface area contributed by atoms with Gasteiger partial charge in [-0.25, -0.2) is 0 Å². The molecular formula is C17H15N9. The number of nitrogens with one attached hydrogen (secondary N) is 4. The Kier molecular flexibility index (Phi) is 3.91. The van der Waals surface area contributed by atoms with E-state index in [4.69, 9.17) is 5.26 Å². The Bertz CT molecular complexity index is 1090. The van der Waals surface area contributed by atoms with Gasteiger partial charge in [-0.3, -0.25) is 10.2 Å². The molecule has 0 aliphatic carbocycles. The van der Waals surface area contributed by atoms with Crippen molar-refractivity contribution in [2.24, 2.45) is 0 Å². The predicted octanol–water partition coefficient (Wildman–Crippen LogP) is 2.61. The number of aromatic nitrogens is 6. The van der Waals surface area contributed by atoms with Gasteiger partial charge in [0.1, 0.15) is 5.82 Å². The van der Waals surface area contributed by atoms with Crippen LogP contribution in [0.25, 0.3) is 11.0 Å². The minimum atomic E-state index is 0.459. The molecule has 4 aromatic rings. The van der Waals surface area contributed by atoms with Gasteiger partial charge in [0.25, 0.3) is 0 Å². The number of H-pyrrole nitrogens is 2. The van der Waals surface area contributed by atoms with Crippen molar-refractivity contribution >= 4 is 28.6 Å². The van der Waals surface area contributed by atoms with Crippen LogP contribution in [-0.2, 0) is 6.54 Å². The number of aryl methyl sites for hydroxylation is 1. The predicted molar refractivity (Wildman–Crippen MR) is 96.8 cm³/mol. The minimum absolute atomic E-state index is 0.459. The topological polar surface area (TPSA) is 131 Å². The highest BCUT2D eigenvalue weighted by Gasteiger charge is 2.11. The van der Waals surface area contributed by atoms with E-state index in [1.54, 1.807) is 18.3 Å². The number of hydrogen-bond acceptors (Lipinski definition) is 7. The van der Waals surface area contributed by atoms with Crippen LogP contribution >= 0.6 is 0 Å². The minimum Gasteiger partial charge on any atom is -0.350 e. The van der Waals surface area contributed by atoms with Gasteiger partial charge in [-0.2, -0.15) is 25.4 Å². The standard InChI is InChI=1S/C17H15N9/c1-10-6-14(25-24-10)21-15-13-9-20-26-16(13)23-17(22-15)19-8-12-4-2-11(7-18)3-5-12/h2-6,9H,8H2,1H3,(H4,19,20,21,22,23,24,25,26). The third-order valence-corrected chi connectivity index (χ3v) is 3.80. The van der Waals surface area contributed by atoms with Crippen molar-refractivity contribution in [1.29, 1.82) is 5.26 Å². The first-order valence-corrected chi connectivity index (χ1v) is 7.94. The molecule has 0 saturated carbocycles. The van der Waals surface area contributed by atoms with Crippen LogP contribution in [0.2, 0.25) is 0 Å². The third kappa shape index (κ3) is 3.16. The van der Waals surface area contributed by atoms with Crippen LogP contribution in [0.1, 0.15) is 16.8 Å². The lowest BCUT2D eigenvalue weighted by molar-refractivity contribution is 1.04. The summed E-state index contributed by atoms with van der Waals surface area (Å²) in [5.74, 6) is 1.74. The summed E-state index contributed by atoms with van der Waals surface area (Å²) < 4.78 is 0. The number of anilines is 3. The fraction of sp³-hybridized carbons (Fsp3) is 0.118. The molecule has 0 aliphatic heterocycles. The lowest BCUT2D eigenvalue weighted by atomic mass is 10.1. The monoisotopic (exact) mass is 345 g/mol. The molecular weight excluding hydrogens is 330 g/mol. The Morgan fingerprint density at radius 3 is 2.73 bits per heavy atom. The highest BCUT2D eigenvalue weighted by Crippen LogP contribution is 2.23. The molecule has 3 heterocycles. The van der Waals surface area contributed by atoms with E-state index in [-0.39, 0.29) is 0 Å². The van der Waals surface area contributed by atoms with Crippen LogP contribution in [0, 0.1) is 18.3 Å². The lowest BCUT2D eigenvalue weighted by Crippen LogP contribution is -2.06. The van der Waals surface area contributed by atoms with Crippen molar-refractivity contribution in [2.75, 3.05) is 10.6 Å². The fourth-order valence-corrected chi connectivity index (χ4v) is 2.49. The van der Waals surface area contributed by atoms with Gasteiger partial charge in [-0.1, -0.05) is 12.1 Å². The average Bonchev–Trinajstić information content (AvgIpc) is 3.29. The van der Waals surface area contributed by atoms with Crippen molar-refractivity contribution in [3.8, 4) is 6.07 Å². The molecule has 9 nitrogen and oxygen atoms in total. The van der Waals surface area contributed by atoms with Crippen molar-refractivity contribution in [1.82, 2.24) is 30.4 Å². The van der Waals surface area contributed by atoms with E-state index in [2.05, 4.69) is 47.1 Å². The molecule has 128 valence electrons. The zero-order valence-electron chi connectivity index (χ0n) is 13.9. The quantitative estimate of drug-likeness (QED) is 0.437. The summed E-state index contributed by atoms with van der Waals surface area (Å²) in [7, 11) is 0. The van der Waals surface area contributed by atoms with Gasteiger partial charge in [-0.05, 0) is 24.6 Å².